The zero-order valence-electron chi connectivity index (χ0n) is 7.98. The molecule has 0 amide bonds. The molecule has 4 heteroatoms. The van der Waals surface area contributed by atoms with Gasteiger partial charge in [-0.3, -0.25) is 0 Å². The van der Waals surface area contributed by atoms with Gasteiger partial charge in [-0.25, -0.2) is 9.37 Å². The van der Waals surface area contributed by atoms with E-state index in [1.807, 2.05) is 0 Å². The number of hydrogen-bond acceptors (Lipinski definition) is 3. The van der Waals surface area contributed by atoms with Gasteiger partial charge in [0.2, 0.25) is 5.89 Å². The quantitative estimate of drug-likeness (QED) is 0.837. The zero-order valence-corrected chi connectivity index (χ0v) is 7.98. The van der Waals surface area contributed by atoms with Gasteiger partial charge in [-0.2, -0.15) is 0 Å². The highest BCUT2D eigenvalue weighted by Crippen LogP contribution is 2.19. The first-order valence-corrected chi connectivity index (χ1v) is 4.61. The van der Waals surface area contributed by atoms with E-state index in [1.54, 1.807) is 12.1 Å². The van der Waals surface area contributed by atoms with E-state index in [4.69, 9.17) is 9.52 Å². The van der Waals surface area contributed by atoms with Crippen molar-refractivity contribution in [2.75, 3.05) is 6.61 Å². The second-order valence-electron chi connectivity index (χ2n) is 3.12. The van der Waals surface area contributed by atoms with Crippen LogP contribution in [-0.2, 0) is 6.42 Å². The molecule has 3 nitrogen and oxygen atoms in total. The average Bonchev–Trinajstić information content (AvgIpc) is 2.67. The number of hydrogen-bond donors (Lipinski definition) is 1. The van der Waals surface area contributed by atoms with Gasteiger partial charge in [0.15, 0.2) is 0 Å². The van der Waals surface area contributed by atoms with E-state index in [0.717, 1.165) is 0 Å². The molecular weight excluding hydrogens is 197 g/mol. The molecule has 0 spiro atoms. The predicted molar refractivity (Wildman–Crippen MR) is 52.7 cm³/mol. The van der Waals surface area contributed by atoms with Crippen LogP contribution in [0.25, 0.3) is 11.5 Å². The second-order valence-corrected chi connectivity index (χ2v) is 3.12. The molecule has 78 valence electrons. The molecule has 1 N–H and O–H groups in total. The van der Waals surface area contributed by atoms with Crippen molar-refractivity contribution in [2.24, 2.45) is 0 Å². The summed E-state index contributed by atoms with van der Waals surface area (Å²) in [4.78, 5) is 4.00. The fourth-order valence-electron chi connectivity index (χ4n) is 1.29. The predicted octanol–water partition coefficient (Wildman–Crippen LogP) is 2.02. The Kier molecular flexibility index (Phi) is 2.78. The van der Waals surface area contributed by atoms with Crippen LogP contribution < -0.4 is 0 Å². The lowest BCUT2D eigenvalue weighted by Gasteiger charge is -1.95. The number of benzene rings is 1. The first-order valence-electron chi connectivity index (χ1n) is 4.61. The summed E-state index contributed by atoms with van der Waals surface area (Å²) in [6.45, 7) is 0.0117. The lowest BCUT2D eigenvalue weighted by Crippen LogP contribution is -1.86. The van der Waals surface area contributed by atoms with Crippen molar-refractivity contribution in [3.05, 3.63) is 42.0 Å². The summed E-state index contributed by atoms with van der Waals surface area (Å²) in [5, 5.41) is 8.70. The molecule has 2 aromatic rings. The van der Waals surface area contributed by atoms with Gasteiger partial charge in [0.1, 0.15) is 11.6 Å². The van der Waals surface area contributed by atoms with Gasteiger partial charge in [0, 0.05) is 12.0 Å². The maximum absolute atomic E-state index is 12.9. The third-order valence-corrected chi connectivity index (χ3v) is 1.98. The fourth-order valence-corrected chi connectivity index (χ4v) is 1.29. The summed E-state index contributed by atoms with van der Waals surface area (Å²) >= 11 is 0. The Morgan fingerprint density at radius 3 is 3.00 bits per heavy atom. The minimum Gasteiger partial charge on any atom is -0.441 e. The van der Waals surface area contributed by atoms with Gasteiger partial charge in [0.25, 0.3) is 0 Å². The summed E-state index contributed by atoms with van der Waals surface area (Å²) < 4.78 is 18.2. The molecule has 0 unspecified atom stereocenters. The van der Waals surface area contributed by atoms with Crippen LogP contribution in [0.3, 0.4) is 0 Å². The van der Waals surface area contributed by atoms with Gasteiger partial charge in [-0.05, 0) is 18.2 Å². The van der Waals surface area contributed by atoms with E-state index in [-0.39, 0.29) is 12.4 Å². The third kappa shape index (κ3) is 2.22. The van der Waals surface area contributed by atoms with Crippen LogP contribution in [-0.4, -0.2) is 16.7 Å². The molecule has 1 aromatic heterocycles. The van der Waals surface area contributed by atoms with E-state index in [1.165, 1.54) is 18.3 Å². The summed E-state index contributed by atoms with van der Waals surface area (Å²) in [6.07, 6.45) is 1.96. The monoisotopic (exact) mass is 207 g/mol. The summed E-state index contributed by atoms with van der Waals surface area (Å²) in [5.74, 6) is 0.643. The van der Waals surface area contributed by atoms with Crippen molar-refractivity contribution in [1.29, 1.82) is 0 Å². The van der Waals surface area contributed by atoms with Crippen LogP contribution in [0, 0.1) is 5.82 Å². The van der Waals surface area contributed by atoms with Crippen LogP contribution in [0.15, 0.2) is 34.9 Å². The molecule has 0 fully saturated rings. The molecule has 0 atom stereocenters. The van der Waals surface area contributed by atoms with Crippen molar-refractivity contribution in [3.63, 3.8) is 0 Å². The Bertz CT molecular complexity index is 453. The van der Waals surface area contributed by atoms with Crippen molar-refractivity contribution < 1.29 is 13.9 Å². The van der Waals surface area contributed by atoms with Gasteiger partial charge >= 0.3 is 0 Å². The fraction of sp³-hybridized carbons (Fsp3) is 0.182. The van der Waals surface area contributed by atoms with Gasteiger partial charge in [-0.1, -0.05) is 6.07 Å². The molecule has 0 radical (unpaired) electrons. The Morgan fingerprint density at radius 1 is 1.40 bits per heavy atom. The number of rotatable bonds is 3. The average molecular weight is 207 g/mol. The SMILES string of the molecule is OCCc1cnc(-c2cccc(F)c2)o1. The molecule has 0 aliphatic heterocycles. The Labute approximate surface area is 86.2 Å². The Morgan fingerprint density at radius 2 is 2.27 bits per heavy atom. The molecule has 0 aliphatic rings. The largest absolute Gasteiger partial charge is 0.441 e. The van der Waals surface area contributed by atoms with Crippen LogP contribution in [0.5, 0.6) is 0 Å². The first kappa shape index (κ1) is 9.86. The number of nitrogens with zero attached hydrogens (tertiary/aromatic N) is 1. The van der Waals surface area contributed by atoms with Crippen LogP contribution in [0.2, 0.25) is 0 Å². The maximum Gasteiger partial charge on any atom is 0.226 e. The summed E-state index contributed by atoms with van der Waals surface area (Å²) in [6, 6.07) is 6.04. The molecular formula is C11H10FNO2. The third-order valence-electron chi connectivity index (χ3n) is 1.98. The summed E-state index contributed by atoms with van der Waals surface area (Å²) in [7, 11) is 0. The van der Waals surface area contributed by atoms with Crippen LogP contribution in [0.1, 0.15) is 5.76 Å². The van der Waals surface area contributed by atoms with E-state index in [0.29, 0.717) is 23.6 Å². The molecule has 0 aliphatic carbocycles. The second kappa shape index (κ2) is 4.23. The highest BCUT2D eigenvalue weighted by atomic mass is 19.1. The molecule has 0 bridgehead atoms. The standard InChI is InChI=1S/C11H10FNO2/c12-9-3-1-2-8(6-9)11-13-7-10(15-11)4-5-14/h1-3,6-7,14H,4-5H2. The molecule has 0 saturated carbocycles. The maximum atomic E-state index is 12.9. The normalized spacial score (nSPS) is 10.5. The molecule has 1 heterocycles. The number of aliphatic hydroxyl groups is 1. The van der Waals surface area contributed by atoms with Crippen molar-refractivity contribution in [3.8, 4) is 11.5 Å². The highest BCUT2D eigenvalue weighted by Gasteiger charge is 2.06. The minimum atomic E-state index is -0.325. The first-order chi connectivity index (χ1) is 7.29. The topological polar surface area (TPSA) is 46.3 Å². The number of aromatic nitrogens is 1. The number of aliphatic hydroxyl groups excluding tert-OH is 1. The molecule has 0 saturated heterocycles. The van der Waals surface area contributed by atoms with E-state index in [2.05, 4.69) is 4.98 Å². The van der Waals surface area contributed by atoms with Crippen molar-refractivity contribution >= 4 is 0 Å². The van der Waals surface area contributed by atoms with Gasteiger partial charge in [-0.15, -0.1) is 0 Å². The van der Waals surface area contributed by atoms with Crippen molar-refractivity contribution in [2.45, 2.75) is 6.42 Å². The highest BCUT2D eigenvalue weighted by molar-refractivity contribution is 5.52. The Balaban J connectivity index is 2.29. The van der Waals surface area contributed by atoms with Gasteiger partial charge < -0.3 is 9.52 Å². The van der Waals surface area contributed by atoms with Crippen LogP contribution >= 0.6 is 0 Å². The smallest absolute Gasteiger partial charge is 0.226 e. The van der Waals surface area contributed by atoms with Crippen LogP contribution in [0.4, 0.5) is 4.39 Å². The van der Waals surface area contributed by atoms with E-state index in [9.17, 15) is 4.39 Å². The van der Waals surface area contributed by atoms with Gasteiger partial charge in [0.05, 0.1) is 12.8 Å². The van der Waals surface area contributed by atoms with Crippen molar-refractivity contribution in [1.82, 2.24) is 4.98 Å². The molecule has 15 heavy (non-hydrogen) atoms. The number of oxazole rings is 1. The minimum absolute atomic E-state index is 0.0117. The number of halogens is 1. The zero-order chi connectivity index (χ0) is 10.7. The summed E-state index contributed by atoms with van der Waals surface area (Å²) in [5.41, 5.74) is 0.596. The van der Waals surface area contributed by atoms with E-state index < -0.39 is 0 Å². The lowest BCUT2D eigenvalue weighted by atomic mass is 10.2. The van der Waals surface area contributed by atoms with E-state index >= 15 is 0 Å². The lowest BCUT2D eigenvalue weighted by molar-refractivity contribution is 0.288. The Hall–Kier alpha value is -1.68. The molecule has 1 aromatic carbocycles. The molecule has 2 rings (SSSR count).